The molecule has 24 heavy (non-hydrogen) atoms. The summed E-state index contributed by atoms with van der Waals surface area (Å²) in [7, 11) is 0. The van der Waals surface area contributed by atoms with Gasteiger partial charge in [0, 0.05) is 5.75 Å². The Hall–Kier alpha value is -2.79. The average molecular weight is 336 g/mol. The minimum atomic E-state index is -0.467. The molecule has 120 valence electrons. The molecule has 0 fully saturated rings. The zero-order valence-electron chi connectivity index (χ0n) is 12.9. The van der Waals surface area contributed by atoms with E-state index in [1.165, 1.54) is 17.8 Å². The van der Waals surface area contributed by atoms with Gasteiger partial charge in [0.05, 0.1) is 16.3 Å². The quantitative estimate of drug-likeness (QED) is 0.726. The van der Waals surface area contributed by atoms with Crippen LogP contribution in [-0.2, 0) is 5.75 Å². The fraction of sp³-hybridized carbons (Fsp3) is 0.0526. The fourth-order valence-electron chi connectivity index (χ4n) is 2.36. The molecule has 0 radical (unpaired) electrons. The number of aromatic nitrogens is 2. The molecule has 0 atom stereocenters. The summed E-state index contributed by atoms with van der Waals surface area (Å²) in [6.07, 6.45) is 1.51. The van der Waals surface area contributed by atoms with Gasteiger partial charge in [-0.3, -0.25) is 4.79 Å². The largest absolute Gasteiger partial charge is 0.333 e. The zero-order valence-corrected chi connectivity index (χ0v) is 13.8. The van der Waals surface area contributed by atoms with E-state index in [0.29, 0.717) is 22.0 Å². The molecule has 0 bridgehead atoms. The van der Waals surface area contributed by atoms with Crippen LogP contribution >= 0.6 is 11.8 Å². The number of nitrogens with zero attached hydrogens (tertiary/aromatic N) is 1. The minimum Gasteiger partial charge on any atom is -0.306 e. The van der Waals surface area contributed by atoms with Crippen molar-refractivity contribution in [3.8, 4) is 5.69 Å². The van der Waals surface area contributed by atoms with Crippen LogP contribution in [0.5, 0.6) is 0 Å². The van der Waals surface area contributed by atoms with Crippen LogP contribution in [0.1, 0.15) is 11.3 Å². The summed E-state index contributed by atoms with van der Waals surface area (Å²) in [6, 6.07) is 18.8. The summed E-state index contributed by atoms with van der Waals surface area (Å²) in [6.45, 7) is 3.70. The molecule has 0 aliphatic heterocycles. The number of nitrogens with one attached hydrogen (secondary N) is 1. The number of H-pyrrole nitrogens is 1. The van der Waals surface area contributed by atoms with Crippen LogP contribution in [-0.4, -0.2) is 9.55 Å². The number of aromatic amines is 1. The van der Waals surface area contributed by atoms with Crippen LogP contribution in [0.4, 0.5) is 0 Å². The lowest BCUT2D eigenvalue weighted by atomic mass is 10.2. The van der Waals surface area contributed by atoms with E-state index in [4.69, 9.17) is 0 Å². The van der Waals surface area contributed by atoms with Crippen LogP contribution in [0, 0.1) is 0 Å². The predicted octanol–water partition coefficient (Wildman–Crippen LogP) is 3.46. The summed E-state index contributed by atoms with van der Waals surface area (Å²) in [5.41, 5.74) is 1.30. The van der Waals surface area contributed by atoms with E-state index in [0.717, 1.165) is 10.1 Å². The van der Waals surface area contributed by atoms with E-state index in [1.54, 1.807) is 24.3 Å². The number of hydrogen-bond acceptors (Lipinski definition) is 3. The van der Waals surface area contributed by atoms with Crippen LogP contribution in [0.25, 0.3) is 11.8 Å². The lowest BCUT2D eigenvalue weighted by molar-refractivity contribution is 0.832. The van der Waals surface area contributed by atoms with Gasteiger partial charge in [0.1, 0.15) is 0 Å². The van der Waals surface area contributed by atoms with E-state index in [-0.39, 0.29) is 5.56 Å². The van der Waals surface area contributed by atoms with Gasteiger partial charge in [-0.1, -0.05) is 55.1 Å². The Bertz CT molecular complexity index is 960. The Morgan fingerprint density at radius 2 is 1.62 bits per heavy atom. The van der Waals surface area contributed by atoms with Crippen molar-refractivity contribution in [3.63, 3.8) is 0 Å². The molecule has 0 unspecified atom stereocenters. The molecule has 0 saturated heterocycles. The van der Waals surface area contributed by atoms with Crippen LogP contribution in [0.3, 0.4) is 0 Å². The van der Waals surface area contributed by atoms with Gasteiger partial charge in [-0.15, -0.1) is 11.8 Å². The monoisotopic (exact) mass is 336 g/mol. The zero-order chi connectivity index (χ0) is 16.9. The Labute approximate surface area is 143 Å². The van der Waals surface area contributed by atoms with Gasteiger partial charge in [-0.05, 0) is 23.8 Å². The molecular weight excluding hydrogens is 320 g/mol. The summed E-state index contributed by atoms with van der Waals surface area (Å²) in [5, 5.41) is 0. The van der Waals surface area contributed by atoms with Gasteiger partial charge in [0.2, 0.25) is 0 Å². The Morgan fingerprint density at radius 1 is 1.00 bits per heavy atom. The Morgan fingerprint density at radius 3 is 2.25 bits per heavy atom. The van der Waals surface area contributed by atoms with Crippen molar-refractivity contribution < 1.29 is 0 Å². The standard InChI is InChI=1S/C19H16N2O2S/c1-2-16-17(24-13-14-9-5-3-6-10-14)18(22)21(19(23)20-16)15-11-7-4-8-12-15/h2-12H,1,13H2,(H,20,23). The van der Waals surface area contributed by atoms with E-state index < -0.39 is 5.69 Å². The number of hydrogen-bond donors (Lipinski definition) is 1. The highest BCUT2D eigenvalue weighted by atomic mass is 32.2. The van der Waals surface area contributed by atoms with Crippen molar-refractivity contribution in [2.75, 3.05) is 0 Å². The molecule has 0 spiro atoms. The number of benzene rings is 2. The Balaban J connectivity index is 2.06. The molecule has 0 amide bonds. The molecule has 0 aliphatic rings. The van der Waals surface area contributed by atoms with Gasteiger partial charge in [0.25, 0.3) is 5.56 Å². The maximum absolute atomic E-state index is 12.9. The van der Waals surface area contributed by atoms with Gasteiger partial charge in [0.15, 0.2) is 0 Å². The first-order chi connectivity index (χ1) is 11.7. The molecule has 3 aromatic rings. The normalized spacial score (nSPS) is 10.5. The summed E-state index contributed by atoms with van der Waals surface area (Å²) in [4.78, 5) is 28.4. The van der Waals surface area contributed by atoms with Crippen LogP contribution < -0.4 is 11.2 Å². The van der Waals surface area contributed by atoms with E-state index >= 15 is 0 Å². The first-order valence-electron chi connectivity index (χ1n) is 7.44. The highest BCUT2D eigenvalue weighted by molar-refractivity contribution is 7.98. The maximum Gasteiger partial charge on any atom is 0.333 e. The van der Waals surface area contributed by atoms with Gasteiger partial charge in [-0.25, -0.2) is 9.36 Å². The minimum absolute atomic E-state index is 0.333. The molecule has 4 nitrogen and oxygen atoms in total. The Kier molecular flexibility index (Phi) is 4.82. The SMILES string of the molecule is C=Cc1[nH]c(=O)n(-c2ccccc2)c(=O)c1SCc1ccccc1. The highest BCUT2D eigenvalue weighted by Crippen LogP contribution is 2.22. The molecule has 1 aromatic heterocycles. The molecule has 1 heterocycles. The molecule has 3 rings (SSSR count). The van der Waals surface area contributed by atoms with Gasteiger partial charge >= 0.3 is 5.69 Å². The summed E-state index contributed by atoms with van der Waals surface area (Å²) < 4.78 is 1.15. The molecule has 2 aromatic carbocycles. The number of thioether (sulfide) groups is 1. The molecule has 0 saturated carbocycles. The van der Waals surface area contributed by atoms with E-state index in [2.05, 4.69) is 11.6 Å². The predicted molar refractivity (Wildman–Crippen MR) is 98.8 cm³/mol. The first-order valence-corrected chi connectivity index (χ1v) is 8.43. The smallest absolute Gasteiger partial charge is 0.306 e. The number of para-hydroxylation sites is 1. The van der Waals surface area contributed by atoms with Crippen LogP contribution in [0.15, 0.2) is 81.7 Å². The van der Waals surface area contributed by atoms with Crippen molar-refractivity contribution in [2.24, 2.45) is 0 Å². The van der Waals surface area contributed by atoms with Gasteiger partial charge in [-0.2, -0.15) is 0 Å². The highest BCUT2D eigenvalue weighted by Gasteiger charge is 2.14. The fourth-order valence-corrected chi connectivity index (χ4v) is 3.37. The van der Waals surface area contributed by atoms with Crippen LogP contribution in [0.2, 0.25) is 0 Å². The molecule has 0 aliphatic carbocycles. The lowest BCUT2D eigenvalue weighted by Crippen LogP contribution is -2.35. The third-order valence-corrected chi connectivity index (χ3v) is 4.69. The third-order valence-electron chi connectivity index (χ3n) is 3.53. The molecule has 5 heteroatoms. The van der Waals surface area contributed by atoms with Crippen molar-refractivity contribution >= 4 is 17.8 Å². The van der Waals surface area contributed by atoms with E-state index in [1.807, 2.05) is 36.4 Å². The second-order valence-electron chi connectivity index (χ2n) is 5.13. The average Bonchev–Trinajstić information content (AvgIpc) is 2.62. The van der Waals surface area contributed by atoms with E-state index in [9.17, 15) is 9.59 Å². The molecular formula is C19H16N2O2S. The maximum atomic E-state index is 12.9. The van der Waals surface area contributed by atoms with Crippen molar-refractivity contribution in [2.45, 2.75) is 10.6 Å². The second kappa shape index (κ2) is 7.19. The van der Waals surface area contributed by atoms with Crippen molar-refractivity contribution in [1.29, 1.82) is 0 Å². The summed E-state index contributed by atoms with van der Waals surface area (Å²) in [5.74, 6) is 0.637. The first kappa shape index (κ1) is 16.1. The molecule has 1 N–H and O–H groups in total. The van der Waals surface area contributed by atoms with Gasteiger partial charge < -0.3 is 4.98 Å². The summed E-state index contributed by atoms with van der Waals surface area (Å²) >= 11 is 1.39. The topological polar surface area (TPSA) is 54.9 Å². The second-order valence-corrected chi connectivity index (χ2v) is 6.11. The lowest BCUT2D eigenvalue weighted by Gasteiger charge is -2.10. The number of rotatable bonds is 5. The van der Waals surface area contributed by atoms with Crippen molar-refractivity contribution in [3.05, 3.63) is 99.3 Å². The third kappa shape index (κ3) is 3.26. The van der Waals surface area contributed by atoms with Crippen molar-refractivity contribution in [1.82, 2.24) is 9.55 Å².